The molecule has 0 unspecified atom stereocenters. The van der Waals surface area contributed by atoms with E-state index in [-0.39, 0.29) is 17.9 Å². The van der Waals surface area contributed by atoms with E-state index in [1.54, 1.807) is 12.1 Å². The van der Waals surface area contributed by atoms with Crippen molar-refractivity contribution < 1.29 is 9.59 Å². The minimum atomic E-state index is -0.209. The predicted octanol–water partition coefficient (Wildman–Crippen LogP) is 0.655. The Kier molecular flexibility index (Phi) is 5.27. The van der Waals surface area contributed by atoms with Crippen LogP contribution in [0.15, 0.2) is 18.3 Å². The zero-order chi connectivity index (χ0) is 15.2. The average Bonchev–Trinajstić information content (AvgIpc) is 3.27. The minimum absolute atomic E-state index is 0.170. The van der Waals surface area contributed by atoms with Gasteiger partial charge in [-0.2, -0.15) is 0 Å². The maximum Gasteiger partial charge on any atom is 0.270 e. The number of rotatable bonds is 7. The number of amides is 2. The van der Waals surface area contributed by atoms with Gasteiger partial charge in [0.1, 0.15) is 5.69 Å². The van der Waals surface area contributed by atoms with Crippen LogP contribution in [0.4, 0.5) is 0 Å². The Hall–Kier alpha value is -1.95. The molecule has 1 heterocycles. The van der Waals surface area contributed by atoms with Gasteiger partial charge in [-0.05, 0) is 52.0 Å². The molecule has 6 heteroatoms. The second-order valence-electron chi connectivity index (χ2n) is 5.59. The van der Waals surface area contributed by atoms with Crippen LogP contribution in [0.5, 0.6) is 0 Å². The van der Waals surface area contributed by atoms with Gasteiger partial charge in [-0.3, -0.25) is 14.6 Å². The number of aromatic nitrogens is 1. The Morgan fingerprint density at radius 1 is 1.33 bits per heavy atom. The lowest BCUT2D eigenvalue weighted by Gasteiger charge is -2.10. The van der Waals surface area contributed by atoms with Gasteiger partial charge >= 0.3 is 0 Å². The van der Waals surface area contributed by atoms with Crippen molar-refractivity contribution >= 4 is 11.8 Å². The molecule has 114 valence electrons. The topological polar surface area (TPSA) is 74.3 Å². The molecular formula is C15H22N4O2. The molecule has 1 saturated carbocycles. The molecule has 0 bridgehead atoms. The number of pyridine rings is 1. The molecule has 1 aliphatic carbocycles. The Morgan fingerprint density at radius 3 is 2.76 bits per heavy atom. The summed E-state index contributed by atoms with van der Waals surface area (Å²) >= 11 is 0. The first-order chi connectivity index (χ1) is 10.1. The number of carbonyl (C=O) groups is 2. The highest BCUT2D eigenvalue weighted by atomic mass is 16.2. The Labute approximate surface area is 124 Å². The molecule has 0 aliphatic heterocycles. The van der Waals surface area contributed by atoms with Gasteiger partial charge in [0.05, 0.1) is 0 Å². The number of carbonyl (C=O) groups excluding carboxylic acids is 2. The van der Waals surface area contributed by atoms with Crippen LogP contribution >= 0.6 is 0 Å². The Balaban J connectivity index is 1.86. The van der Waals surface area contributed by atoms with Crippen LogP contribution in [0.1, 0.15) is 40.1 Å². The van der Waals surface area contributed by atoms with E-state index in [1.165, 1.54) is 6.20 Å². The largest absolute Gasteiger partial charge is 0.352 e. The number of nitrogens with zero attached hydrogens (tertiary/aromatic N) is 2. The van der Waals surface area contributed by atoms with E-state index in [2.05, 4.69) is 20.5 Å². The van der Waals surface area contributed by atoms with Gasteiger partial charge in [0, 0.05) is 24.3 Å². The van der Waals surface area contributed by atoms with Gasteiger partial charge in [-0.15, -0.1) is 0 Å². The van der Waals surface area contributed by atoms with Crippen molar-refractivity contribution in [3.63, 3.8) is 0 Å². The minimum Gasteiger partial charge on any atom is -0.352 e. The summed E-state index contributed by atoms with van der Waals surface area (Å²) in [6.07, 6.45) is 4.44. The van der Waals surface area contributed by atoms with Crippen molar-refractivity contribution in [3.05, 3.63) is 29.6 Å². The average molecular weight is 290 g/mol. The van der Waals surface area contributed by atoms with Crippen LogP contribution in [0.2, 0.25) is 0 Å². The van der Waals surface area contributed by atoms with Crippen LogP contribution in [-0.4, -0.2) is 54.9 Å². The summed E-state index contributed by atoms with van der Waals surface area (Å²) < 4.78 is 0. The van der Waals surface area contributed by atoms with Crippen LogP contribution in [0.3, 0.4) is 0 Å². The summed E-state index contributed by atoms with van der Waals surface area (Å²) in [6.45, 7) is 1.54. The third-order valence-electron chi connectivity index (χ3n) is 3.23. The van der Waals surface area contributed by atoms with E-state index in [1.807, 2.05) is 14.1 Å². The van der Waals surface area contributed by atoms with Crippen LogP contribution < -0.4 is 10.6 Å². The van der Waals surface area contributed by atoms with Crippen molar-refractivity contribution in [2.75, 3.05) is 27.2 Å². The number of nitrogens with one attached hydrogen (secondary N) is 2. The van der Waals surface area contributed by atoms with Gasteiger partial charge < -0.3 is 15.5 Å². The molecular weight excluding hydrogens is 268 g/mol. The molecule has 1 aromatic rings. The van der Waals surface area contributed by atoms with E-state index >= 15 is 0 Å². The molecule has 0 atom stereocenters. The summed E-state index contributed by atoms with van der Waals surface area (Å²) in [6, 6.07) is 3.44. The van der Waals surface area contributed by atoms with Gasteiger partial charge in [0.25, 0.3) is 11.8 Å². The first-order valence-electron chi connectivity index (χ1n) is 7.26. The lowest BCUT2D eigenvalue weighted by atomic mass is 10.2. The number of hydrogen-bond acceptors (Lipinski definition) is 4. The van der Waals surface area contributed by atoms with Crippen LogP contribution in [0, 0.1) is 0 Å². The molecule has 2 rings (SSSR count). The van der Waals surface area contributed by atoms with Crippen molar-refractivity contribution in [3.8, 4) is 0 Å². The van der Waals surface area contributed by atoms with Crippen molar-refractivity contribution in [2.45, 2.75) is 25.3 Å². The zero-order valence-corrected chi connectivity index (χ0v) is 12.6. The maximum atomic E-state index is 12.0. The maximum absolute atomic E-state index is 12.0. The van der Waals surface area contributed by atoms with Gasteiger partial charge in [0.2, 0.25) is 0 Å². The van der Waals surface area contributed by atoms with Crippen molar-refractivity contribution in [1.82, 2.24) is 20.5 Å². The molecule has 1 aliphatic rings. The summed E-state index contributed by atoms with van der Waals surface area (Å²) in [7, 11) is 3.99. The smallest absolute Gasteiger partial charge is 0.270 e. The molecule has 2 N–H and O–H groups in total. The molecule has 1 aromatic heterocycles. The second-order valence-corrected chi connectivity index (χ2v) is 5.59. The molecule has 0 aromatic carbocycles. The number of hydrogen-bond donors (Lipinski definition) is 2. The monoisotopic (exact) mass is 290 g/mol. The molecule has 2 amide bonds. The standard InChI is InChI=1S/C15H22N4O2/c1-19(2)9-3-7-17-14(20)11-6-8-16-13(10-11)15(21)18-12-4-5-12/h6,8,10,12H,3-5,7,9H2,1-2H3,(H,17,20)(H,18,21). The normalized spacial score (nSPS) is 14.0. The van der Waals surface area contributed by atoms with E-state index in [4.69, 9.17) is 0 Å². The highest BCUT2D eigenvalue weighted by Crippen LogP contribution is 2.19. The molecule has 0 spiro atoms. The predicted molar refractivity (Wildman–Crippen MR) is 80.2 cm³/mol. The third-order valence-corrected chi connectivity index (χ3v) is 3.23. The molecule has 21 heavy (non-hydrogen) atoms. The van der Waals surface area contributed by atoms with E-state index in [0.717, 1.165) is 25.8 Å². The molecule has 0 saturated heterocycles. The third kappa shape index (κ3) is 5.15. The fraction of sp³-hybridized carbons (Fsp3) is 0.533. The molecule has 0 radical (unpaired) electrons. The second kappa shape index (κ2) is 7.17. The molecule has 1 fully saturated rings. The van der Waals surface area contributed by atoms with Crippen molar-refractivity contribution in [1.29, 1.82) is 0 Å². The SMILES string of the molecule is CN(C)CCCNC(=O)c1ccnc(C(=O)NC2CC2)c1. The highest BCUT2D eigenvalue weighted by molar-refractivity contribution is 5.98. The van der Waals surface area contributed by atoms with Crippen molar-refractivity contribution in [2.24, 2.45) is 0 Å². The summed E-state index contributed by atoms with van der Waals surface area (Å²) in [5.74, 6) is -0.378. The van der Waals surface area contributed by atoms with Gasteiger partial charge in [-0.1, -0.05) is 0 Å². The van der Waals surface area contributed by atoms with Crippen LogP contribution in [-0.2, 0) is 0 Å². The summed E-state index contributed by atoms with van der Waals surface area (Å²) in [4.78, 5) is 30.0. The van der Waals surface area contributed by atoms with E-state index < -0.39 is 0 Å². The summed E-state index contributed by atoms with van der Waals surface area (Å²) in [5.41, 5.74) is 0.763. The Bertz CT molecular complexity index is 512. The first kappa shape index (κ1) is 15.4. The molecule has 6 nitrogen and oxygen atoms in total. The van der Waals surface area contributed by atoms with Gasteiger partial charge in [-0.25, -0.2) is 0 Å². The van der Waals surface area contributed by atoms with E-state index in [0.29, 0.717) is 17.8 Å². The Morgan fingerprint density at radius 2 is 2.10 bits per heavy atom. The fourth-order valence-electron chi connectivity index (χ4n) is 1.88. The lowest BCUT2D eigenvalue weighted by Crippen LogP contribution is -2.29. The quantitative estimate of drug-likeness (QED) is 0.723. The fourth-order valence-corrected chi connectivity index (χ4v) is 1.88. The first-order valence-corrected chi connectivity index (χ1v) is 7.26. The highest BCUT2D eigenvalue weighted by Gasteiger charge is 2.24. The van der Waals surface area contributed by atoms with Crippen LogP contribution in [0.25, 0.3) is 0 Å². The lowest BCUT2D eigenvalue weighted by molar-refractivity contribution is 0.0946. The zero-order valence-electron chi connectivity index (χ0n) is 12.6. The summed E-state index contributed by atoms with van der Waals surface area (Å²) in [5, 5.41) is 5.71. The van der Waals surface area contributed by atoms with E-state index in [9.17, 15) is 9.59 Å². The van der Waals surface area contributed by atoms with Gasteiger partial charge in [0.15, 0.2) is 0 Å².